The second-order valence-electron chi connectivity index (χ2n) is 4.64. The summed E-state index contributed by atoms with van der Waals surface area (Å²) in [5.74, 6) is -2.50. The smallest absolute Gasteiger partial charge is 0.331 e. The Labute approximate surface area is 122 Å². The monoisotopic (exact) mass is 370 g/mol. The zero-order chi connectivity index (χ0) is 14.0. The number of alkyl halides is 1. The molecule has 4 nitrogen and oxygen atoms in total. The summed E-state index contributed by atoms with van der Waals surface area (Å²) in [6, 6.07) is 0. The van der Waals surface area contributed by atoms with E-state index in [0.717, 1.165) is 19.3 Å². The van der Waals surface area contributed by atoms with Crippen LogP contribution in [0.15, 0.2) is 0 Å². The molecule has 0 amide bonds. The van der Waals surface area contributed by atoms with E-state index in [2.05, 4.69) is 6.92 Å². The van der Waals surface area contributed by atoms with E-state index in [1.807, 2.05) is 0 Å². The van der Waals surface area contributed by atoms with Crippen LogP contribution in [0, 0.1) is 0 Å². The second-order valence-corrected chi connectivity index (χ2v) is 6.48. The highest BCUT2D eigenvalue weighted by Gasteiger charge is 2.43. The maximum Gasteiger partial charge on any atom is 0.331 e. The van der Waals surface area contributed by atoms with Crippen LogP contribution >= 0.6 is 22.6 Å². The fourth-order valence-corrected chi connectivity index (χ4v) is 2.19. The Bertz CT molecular complexity index is 252. The molecule has 18 heavy (non-hydrogen) atoms. The van der Waals surface area contributed by atoms with Crippen LogP contribution in [0.4, 0.5) is 0 Å². The largest absolute Gasteiger partial charge is 0.480 e. The van der Waals surface area contributed by atoms with E-state index in [1.54, 1.807) is 0 Å². The van der Waals surface area contributed by atoms with Gasteiger partial charge in [0.05, 0.1) is 0 Å². The van der Waals surface area contributed by atoms with E-state index in [-0.39, 0.29) is 6.42 Å². The van der Waals surface area contributed by atoms with Crippen molar-refractivity contribution in [3.63, 3.8) is 0 Å². The normalized spacial score (nSPS) is 11.4. The standard InChI is InChI=1S/C13H23IO4/c1-2-3-4-5-6-7-8-9-10-13(14,11(15)16)12(17)18/h2-10H2,1H3,(H,15,16)(H,17,18). The summed E-state index contributed by atoms with van der Waals surface area (Å²) in [6.45, 7) is 2.18. The van der Waals surface area contributed by atoms with Crippen LogP contribution in [-0.4, -0.2) is 25.6 Å². The van der Waals surface area contributed by atoms with Crippen molar-refractivity contribution in [3.05, 3.63) is 0 Å². The fraction of sp³-hybridized carbons (Fsp3) is 0.846. The molecule has 0 atom stereocenters. The van der Waals surface area contributed by atoms with Gasteiger partial charge in [-0.05, 0) is 6.42 Å². The minimum absolute atomic E-state index is 0.202. The van der Waals surface area contributed by atoms with E-state index in [0.29, 0.717) is 6.42 Å². The van der Waals surface area contributed by atoms with Crippen LogP contribution in [0.25, 0.3) is 0 Å². The number of carboxylic acid groups (broad SMARTS) is 2. The third-order valence-electron chi connectivity index (χ3n) is 3.05. The maximum atomic E-state index is 10.9. The molecule has 0 unspecified atom stereocenters. The molecule has 0 aromatic heterocycles. The second kappa shape index (κ2) is 9.58. The van der Waals surface area contributed by atoms with Crippen LogP contribution in [0.1, 0.15) is 64.7 Å². The predicted octanol–water partition coefficient (Wildman–Crippen LogP) is 3.86. The van der Waals surface area contributed by atoms with Crippen molar-refractivity contribution in [2.24, 2.45) is 0 Å². The third-order valence-corrected chi connectivity index (χ3v) is 4.52. The maximum absolute atomic E-state index is 10.9. The van der Waals surface area contributed by atoms with Crippen molar-refractivity contribution in [2.75, 3.05) is 0 Å². The summed E-state index contributed by atoms with van der Waals surface area (Å²) in [5.41, 5.74) is 0. The zero-order valence-electron chi connectivity index (χ0n) is 11.0. The lowest BCUT2D eigenvalue weighted by molar-refractivity contribution is -0.151. The molecule has 0 spiro atoms. The molecule has 0 rings (SSSR count). The topological polar surface area (TPSA) is 74.6 Å². The van der Waals surface area contributed by atoms with Crippen LogP contribution in [-0.2, 0) is 9.59 Å². The molecule has 0 saturated heterocycles. The van der Waals surface area contributed by atoms with Gasteiger partial charge in [-0.2, -0.15) is 0 Å². The summed E-state index contributed by atoms with van der Waals surface area (Å²) in [5, 5.41) is 17.8. The van der Waals surface area contributed by atoms with Gasteiger partial charge >= 0.3 is 11.9 Å². The van der Waals surface area contributed by atoms with E-state index >= 15 is 0 Å². The Kier molecular flexibility index (Phi) is 9.40. The van der Waals surface area contributed by atoms with Gasteiger partial charge in [-0.25, -0.2) is 0 Å². The Morgan fingerprint density at radius 1 is 0.889 bits per heavy atom. The summed E-state index contributed by atoms with van der Waals surface area (Å²) >= 11 is 1.54. The summed E-state index contributed by atoms with van der Waals surface area (Å²) in [6.07, 6.45) is 8.99. The minimum Gasteiger partial charge on any atom is -0.480 e. The van der Waals surface area contributed by atoms with E-state index in [4.69, 9.17) is 10.2 Å². The summed E-state index contributed by atoms with van der Waals surface area (Å²) in [4.78, 5) is 21.8. The highest BCUT2D eigenvalue weighted by molar-refractivity contribution is 14.1. The van der Waals surface area contributed by atoms with Gasteiger partial charge in [0.25, 0.3) is 0 Å². The number of carbonyl (C=O) groups is 2. The Morgan fingerprint density at radius 2 is 1.28 bits per heavy atom. The number of hydrogen-bond donors (Lipinski definition) is 2. The number of unbranched alkanes of at least 4 members (excludes halogenated alkanes) is 7. The van der Waals surface area contributed by atoms with Crippen LogP contribution in [0.3, 0.4) is 0 Å². The van der Waals surface area contributed by atoms with Gasteiger partial charge in [-0.3, -0.25) is 9.59 Å². The van der Waals surface area contributed by atoms with E-state index < -0.39 is 15.4 Å². The molecule has 106 valence electrons. The molecule has 0 aliphatic carbocycles. The van der Waals surface area contributed by atoms with Crippen molar-refractivity contribution in [2.45, 2.75) is 68.1 Å². The highest BCUT2D eigenvalue weighted by Crippen LogP contribution is 2.27. The third kappa shape index (κ3) is 6.56. The first-order chi connectivity index (χ1) is 8.45. The van der Waals surface area contributed by atoms with Gasteiger partial charge in [-0.1, -0.05) is 80.9 Å². The number of aliphatic carboxylic acids is 2. The highest BCUT2D eigenvalue weighted by atomic mass is 127. The van der Waals surface area contributed by atoms with E-state index in [9.17, 15) is 9.59 Å². The lowest BCUT2D eigenvalue weighted by Crippen LogP contribution is -2.40. The Hall–Kier alpha value is -0.330. The van der Waals surface area contributed by atoms with Crippen LogP contribution < -0.4 is 0 Å². The molecule has 0 aromatic carbocycles. The van der Waals surface area contributed by atoms with Gasteiger partial charge in [0.1, 0.15) is 0 Å². The van der Waals surface area contributed by atoms with Gasteiger partial charge in [0.15, 0.2) is 0 Å². The molecule has 0 aliphatic heterocycles. The van der Waals surface area contributed by atoms with Crippen molar-refractivity contribution >= 4 is 34.5 Å². The predicted molar refractivity (Wildman–Crippen MR) is 79.2 cm³/mol. The quantitative estimate of drug-likeness (QED) is 0.251. The first kappa shape index (κ1) is 17.7. The number of carboxylic acids is 2. The molecule has 5 heteroatoms. The Balaban J connectivity index is 3.70. The average molecular weight is 370 g/mol. The summed E-state index contributed by atoms with van der Waals surface area (Å²) < 4.78 is -1.65. The van der Waals surface area contributed by atoms with Crippen molar-refractivity contribution < 1.29 is 19.8 Å². The molecule has 0 aromatic rings. The molecule has 0 radical (unpaired) electrons. The lowest BCUT2D eigenvalue weighted by Gasteiger charge is -2.17. The van der Waals surface area contributed by atoms with Gasteiger partial charge < -0.3 is 10.2 Å². The molecule has 0 aliphatic rings. The first-order valence-corrected chi connectivity index (χ1v) is 7.68. The van der Waals surface area contributed by atoms with Crippen LogP contribution in [0.2, 0.25) is 0 Å². The van der Waals surface area contributed by atoms with Gasteiger partial charge in [-0.15, -0.1) is 0 Å². The number of hydrogen-bond acceptors (Lipinski definition) is 2. The van der Waals surface area contributed by atoms with Gasteiger partial charge in [0.2, 0.25) is 3.42 Å². The van der Waals surface area contributed by atoms with Crippen molar-refractivity contribution in [1.29, 1.82) is 0 Å². The molecule has 0 saturated carbocycles. The number of rotatable bonds is 11. The number of halogens is 1. The van der Waals surface area contributed by atoms with Crippen LogP contribution in [0.5, 0.6) is 0 Å². The molecule has 2 N–H and O–H groups in total. The average Bonchev–Trinajstić information content (AvgIpc) is 2.31. The fourth-order valence-electron chi connectivity index (χ4n) is 1.81. The first-order valence-electron chi connectivity index (χ1n) is 6.61. The Morgan fingerprint density at radius 3 is 1.67 bits per heavy atom. The lowest BCUT2D eigenvalue weighted by atomic mass is 10.00. The van der Waals surface area contributed by atoms with Gasteiger partial charge in [0, 0.05) is 0 Å². The molecule has 0 heterocycles. The molecule has 0 bridgehead atoms. The zero-order valence-corrected chi connectivity index (χ0v) is 13.1. The summed E-state index contributed by atoms with van der Waals surface area (Å²) in [7, 11) is 0. The van der Waals surface area contributed by atoms with Crippen molar-refractivity contribution in [1.82, 2.24) is 0 Å². The molecular formula is C13H23IO4. The minimum atomic E-state index is -1.65. The molecule has 0 fully saturated rings. The SMILES string of the molecule is CCCCCCCCCCC(I)(C(=O)O)C(=O)O. The van der Waals surface area contributed by atoms with Crippen molar-refractivity contribution in [3.8, 4) is 0 Å². The van der Waals surface area contributed by atoms with E-state index in [1.165, 1.54) is 48.3 Å². The molecular weight excluding hydrogens is 347 g/mol.